The fraction of sp³-hybridized carbons (Fsp3) is 0.500. The summed E-state index contributed by atoms with van der Waals surface area (Å²) in [5, 5.41) is 9.07. The summed E-state index contributed by atoms with van der Waals surface area (Å²) >= 11 is 2.39. The topological polar surface area (TPSA) is 37.3 Å². The normalized spacial score (nSPS) is 12.4. The first kappa shape index (κ1) is 14.5. The van der Waals surface area contributed by atoms with Crippen molar-refractivity contribution in [2.75, 3.05) is 4.43 Å². The molecule has 94 valence electrons. The summed E-state index contributed by atoms with van der Waals surface area (Å²) in [4.78, 5) is 11.0. The first-order chi connectivity index (χ1) is 8.19. The highest BCUT2D eigenvalue weighted by atomic mass is 127. The summed E-state index contributed by atoms with van der Waals surface area (Å²) in [5.41, 5.74) is 2.22. The SMILES string of the molecule is CC[C@H](C(=O)O)c1ccc(CCCCI)cc1. The van der Waals surface area contributed by atoms with Crippen molar-refractivity contribution in [3.05, 3.63) is 35.4 Å². The van der Waals surface area contributed by atoms with Crippen molar-refractivity contribution in [1.82, 2.24) is 0 Å². The zero-order valence-electron chi connectivity index (χ0n) is 10.2. The molecule has 0 spiro atoms. The Morgan fingerprint density at radius 1 is 1.29 bits per heavy atom. The first-order valence-electron chi connectivity index (χ1n) is 6.06. The van der Waals surface area contributed by atoms with Crippen LogP contribution in [0.1, 0.15) is 43.2 Å². The fourth-order valence-electron chi connectivity index (χ4n) is 1.89. The lowest BCUT2D eigenvalue weighted by Gasteiger charge is -2.10. The zero-order chi connectivity index (χ0) is 12.7. The Morgan fingerprint density at radius 2 is 1.94 bits per heavy atom. The molecule has 0 aliphatic carbocycles. The molecule has 0 aromatic heterocycles. The number of halogens is 1. The summed E-state index contributed by atoms with van der Waals surface area (Å²) in [6, 6.07) is 8.05. The molecule has 17 heavy (non-hydrogen) atoms. The van der Waals surface area contributed by atoms with E-state index in [1.165, 1.54) is 22.8 Å². The van der Waals surface area contributed by atoms with Crippen LogP contribution in [-0.4, -0.2) is 15.5 Å². The Labute approximate surface area is 117 Å². The van der Waals surface area contributed by atoms with Gasteiger partial charge in [-0.25, -0.2) is 0 Å². The van der Waals surface area contributed by atoms with Gasteiger partial charge in [0.1, 0.15) is 0 Å². The number of aliphatic carboxylic acids is 1. The van der Waals surface area contributed by atoms with E-state index in [1.807, 2.05) is 19.1 Å². The van der Waals surface area contributed by atoms with Crippen LogP contribution in [0.5, 0.6) is 0 Å². The van der Waals surface area contributed by atoms with Crippen LogP contribution in [0.2, 0.25) is 0 Å². The number of carboxylic acid groups (broad SMARTS) is 1. The second-order valence-corrected chi connectivity index (χ2v) is 5.27. The number of aryl methyl sites for hydroxylation is 1. The number of carbonyl (C=O) groups is 1. The van der Waals surface area contributed by atoms with Gasteiger partial charge in [-0.05, 0) is 41.2 Å². The van der Waals surface area contributed by atoms with Crippen LogP contribution in [0.25, 0.3) is 0 Å². The quantitative estimate of drug-likeness (QED) is 0.460. The highest BCUT2D eigenvalue weighted by Gasteiger charge is 2.16. The number of hydrogen-bond donors (Lipinski definition) is 1. The minimum absolute atomic E-state index is 0.363. The van der Waals surface area contributed by atoms with Crippen molar-refractivity contribution in [3.8, 4) is 0 Å². The van der Waals surface area contributed by atoms with Crippen molar-refractivity contribution in [2.45, 2.75) is 38.5 Å². The van der Waals surface area contributed by atoms with Gasteiger partial charge in [-0.1, -0.05) is 53.8 Å². The van der Waals surface area contributed by atoms with Gasteiger partial charge in [-0.2, -0.15) is 0 Å². The van der Waals surface area contributed by atoms with E-state index in [4.69, 9.17) is 5.11 Å². The van der Waals surface area contributed by atoms with Gasteiger partial charge in [0.15, 0.2) is 0 Å². The van der Waals surface area contributed by atoms with Crippen molar-refractivity contribution < 1.29 is 9.90 Å². The predicted octanol–water partition coefficient (Wildman–Crippen LogP) is 4.02. The van der Waals surface area contributed by atoms with E-state index in [0.717, 1.165) is 12.0 Å². The molecule has 0 fully saturated rings. The second-order valence-electron chi connectivity index (χ2n) is 4.19. The Kier molecular flexibility index (Phi) is 6.55. The Hall–Kier alpha value is -0.580. The van der Waals surface area contributed by atoms with E-state index < -0.39 is 5.97 Å². The number of carboxylic acids is 1. The van der Waals surface area contributed by atoms with Crippen LogP contribution in [0, 0.1) is 0 Å². The molecule has 0 radical (unpaired) electrons. The molecule has 1 atom stereocenters. The maximum atomic E-state index is 11.0. The lowest BCUT2D eigenvalue weighted by atomic mass is 9.95. The highest BCUT2D eigenvalue weighted by molar-refractivity contribution is 14.1. The minimum Gasteiger partial charge on any atom is -0.481 e. The third-order valence-electron chi connectivity index (χ3n) is 2.94. The van der Waals surface area contributed by atoms with Crippen LogP contribution >= 0.6 is 22.6 Å². The Morgan fingerprint density at radius 3 is 2.41 bits per heavy atom. The summed E-state index contributed by atoms with van der Waals surface area (Å²) in [7, 11) is 0. The molecule has 0 amide bonds. The van der Waals surface area contributed by atoms with Gasteiger partial charge in [0.05, 0.1) is 5.92 Å². The van der Waals surface area contributed by atoms with E-state index in [1.54, 1.807) is 0 Å². The highest BCUT2D eigenvalue weighted by Crippen LogP contribution is 2.20. The monoisotopic (exact) mass is 346 g/mol. The second kappa shape index (κ2) is 7.69. The summed E-state index contributed by atoms with van der Waals surface area (Å²) < 4.78 is 1.20. The Balaban J connectivity index is 2.63. The van der Waals surface area contributed by atoms with Gasteiger partial charge in [0.25, 0.3) is 0 Å². The molecule has 0 unspecified atom stereocenters. The van der Waals surface area contributed by atoms with Crippen LogP contribution < -0.4 is 0 Å². The maximum absolute atomic E-state index is 11.0. The smallest absolute Gasteiger partial charge is 0.310 e. The predicted molar refractivity (Wildman–Crippen MR) is 78.9 cm³/mol. The standard InChI is InChI=1S/C14H19IO2/c1-2-13(14(16)17)12-8-6-11(7-9-12)5-3-4-10-15/h6-9,13H,2-5,10H2,1H3,(H,16,17)/t13-/m0/s1. The van der Waals surface area contributed by atoms with Crippen LogP contribution in [-0.2, 0) is 11.2 Å². The lowest BCUT2D eigenvalue weighted by molar-refractivity contribution is -0.138. The molecule has 0 bridgehead atoms. The molecule has 2 nitrogen and oxygen atoms in total. The molecule has 3 heteroatoms. The fourth-order valence-corrected chi connectivity index (χ4v) is 2.43. The average molecular weight is 346 g/mol. The molecule has 0 heterocycles. The van der Waals surface area contributed by atoms with E-state index >= 15 is 0 Å². The van der Waals surface area contributed by atoms with Crippen molar-refractivity contribution in [2.24, 2.45) is 0 Å². The molecule has 1 aromatic carbocycles. The molecule has 1 aromatic rings. The number of rotatable bonds is 7. The van der Waals surface area contributed by atoms with Crippen LogP contribution in [0.15, 0.2) is 24.3 Å². The lowest BCUT2D eigenvalue weighted by Crippen LogP contribution is -2.10. The molecule has 0 aliphatic heterocycles. The Bertz CT molecular complexity index is 346. The van der Waals surface area contributed by atoms with Gasteiger partial charge in [0, 0.05) is 0 Å². The zero-order valence-corrected chi connectivity index (χ0v) is 12.3. The molecular weight excluding hydrogens is 327 g/mol. The largest absolute Gasteiger partial charge is 0.481 e. The van der Waals surface area contributed by atoms with E-state index in [0.29, 0.717) is 6.42 Å². The molecular formula is C14H19IO2. The maximum Gasteiger partial charge on any atom is 0.310 e. The van der Waals surface area contributed by atoms with Crippen LogP contribution in [0.4, 0.5) is 0 Å². The molecule has 0 aliphatic rings. The van der Waals surface area contributed by atoms with Gasteiger partial charge in [-0.15, -0.1) is 0 Å². The van der Waals surface area contributed by atoms with Crippen molar-refractivity contribution in [3.63, 3.8) is 0 Å². The van der Waals surface area contributed by atoms with Crippen LogP contribution in [0.3, 0.4) is 0 Å². The summed E-state index contributed by atoms with van der Waals surface area (Å²) in [5.74, 6) is -1.09. The van der Waals surface area contributed by atoms with Crippen molar-refractivity contribution >= 4 is 28.6 Å². The van der Waals surface area contributed by atoms with Gasteiger partial charge in [0.2, 0.25) is 0 Å². The van der Waals surface area contributed by atoms with Gasteiger partial charge in [-0.3, -0.25) is 4.79 Å². The molecule has 1 rings (SSSR count). The summed E-state index contributed by atoms with van der Waals surface area (Å²) in [6.45, 7) is 1.91. The molecule has 1 N–H and O–H groups in total. The molecule has 0 saturated carbocycles. The van der Waals surface area contributed by atoms with Gasteiger partial charge >= 0.3 is 5.97 Å². The molecule has 0 saturated heterocycles. The summed E-state index contributed by atoms with van der Waals surface area (Å²) in [6.07, 6.45) is 4.18. The number of benzene rings is 1. The number of hydrogen-bond acceptors (Lipinski definition) is 1. The number of alkyl halides is 1. The first-order valence-corrected chi connectivity index (χ1v) is 7.59. The van der Waals surface area contributed by atoms with E-state index in [-0.39, 0.29) is 5.92 Å². The third kappa shape index (κ3) is 4.66. The van der Waals surface area contributed by atoms with E-state index in [2.05, 4.69) is 34.7 Å². The minimum atomic E-state index is -0.731. The van der Waals surface area contributed by atoms with Gasteiger partial charge < -0.3 is 5.11 Å². The third-order valence-corrected chi connectivity index (χ3v) is 3.70. The van der Waals surface area contributed by atoms with E-state index in [9.17, 15) is 4.79 Å². The average Bonchev–Trinajstić information content (AvgIpc) is 2.32. The van der Waals surface area contributed by atoms with Crippen molar-refractivity contribution in [1.29, 1.82) is 0 Å². The number of unbranched alkanes of at least 4 members (excludes halogenated alkanes) is 1.